The number of β-amino-alcohol motifs (C(OH)–C–C–N with tert-alkyl or cyclic N) is 2. The maximum Gasteiger partial charge on any atom is 0.359 e. The van der Waals surface area contributed by atoms with E-state index in [1.54, 1.807) is 76.3 Å². The summed E-state index contributed by atoms with van der Waals surface area (Å²) in [6.07, 6.45) is 1.83. The van der Waals surface area contributed by atoms with Gasteiger partial charge in [-0.3, -0.25) is 24.2 Å². The fourth-order valence-corrected chi connectivity index (χ4v) is 9.02. The van der Waals surface area contributed by atoms with Gasteiger partial charge in [0.15, 0.2) is 11.4 Å². The van der Waals surface area contributed by atoms with Gasteiger partial charge in [0.2, 0.25) is 11.2 Å². The highest BCUT2D eigenvalue weighted by Crippen LogP contribution is 2.30. The average Bonchev–Trinajstić information content (AvgIpc) is 4.00. The summed E-state index contributed by atoms with van der Waals surface area (Å²) in [5.41, 5.74) is 7.11. The highest BCUT2D eigenvalue weighted by molar-refractivity contribution is 5.93. The summed E-state index contributed by atoms with van der Waals surface area (Å²) in [6, 6.07) is 14.6. The molecular weight excluding hydrogens is 885 g/mol. The number of amides is 3. The van der Waals surface area contributed by atoms with E-state index in [9.17, 15) is 39.6 Å². The summed E-state index contributed by atoms with van der Waals surface area (Å²) in [7, 11) is 3.29. The molecule has 2 saturated heterocycles. The quantitative estimate of drug-likeness (QED) is 0.102. The number of nitrogens with zero attached hydrogens (tertiary/aromatic N) is 8. The van der Waals surface area contributed by atoms with Crippen LogP contribution >= 0.6 is 0 Å². The molecule has 0 radical (unpaired) electrons. The molecule has 4 aliphatic heterocycles. The minimum atomic E-state index is -1.67. The van der Waals surface area contributed by atoms with Crippen molar-refractivity contribution in [1.29, 1.82) is 0 Å². The third kappa shape index (κ3) is 11.7. The van der Waals surface area contributed by atoms with Crippen LogP contribution in [0.15, 0.2) is 48.5 Å². The number of carbonyl (C=O) groups is 4. The highest BCUT2D eigenvalue weighted by atomic mass is 16.5. The van der Waals surface area contributed by atoms with Gasteiger partial charge in [-0.1, -0.05) is 35.8 Å². The second-order valence-electron chi connectivity index (χ2n) is 19.3. The second kappa shape index (κ2) is 20.3. The molecule has 3 amide bonds. The van der Waals surface area contributed by atoms with Crippen molar-refractivity contribution in [3.8, 4) is 35.1 Å². The van der Waals surface area contributed by atoms with Crippen molar-refractivity contribution in [3.63, 3.8) is 0 Å². The van der Waals surface area contributed by atoms with Crippen molar-refractivity contribution in [2.45, 2.75) is 95.8 Å². The van der Waals surface area contributed by atoms with Gasteiger partial charge in [-0.25, -0.2) is 14.2 Å². The number of fused-ring (bicyclic) bond motifs is 2. The Bertz CT molecular complexity index is 2750. The molecule has 4 aliphatic rings. The smallest absolute Gasteiger partial charge is 0.359 e. The number of primary amides is 1. The Morgan fingerprint density at radius 1 is 0.725 bits per heavy atom. The zero-order valence-corrected chi connectivity index (χ0v) is 40.5. The molecule has 2 aromatic heterocycles. The third-order valence-electron chi connectivity index (χ3n) is 12.2. The normalized spacial score (nSPS) is 20.4. The summed E-state index contributed by atoms with van der Waals surface area (Å²) in [5.74, 6) is 9.46. The molecule has 4 aromatic rings. The molecular formula is C50H64N10O9. The van der Waals surface area contributed by atoms with Crippen LogP contribution in [0.2, 0.25) is 0 Å². The van der Waals surface area contributed by atoms with Crippen LogP contribution in [0.4, 0.5) is 0 Å². The maximum absolute atomic E-state index is 12.7. The van der Waals surface area contributed by atoms with E-state index in [1.807, 2.05) is 30.3 Å². The standard InChI is InChI=1S/C26H32N4O5.C24H29N5O4.H3N/c1-5-35-23(31)22-20-16-29(17-25(2,3)33)13-10-21(20)30(27-22)19-8-6-7-18(15-19)9-11-26(34)12-14-28(4)24(26)32;1-23(2,32)15-28-11-8-19-18(14-28)20(21(25)30)26-29(19)17-6-4-5-16(13-17)7-9-24(33)10-12-27(3)22(24)31;/h6-8,15,33-34H,5,10,12-14,16-17H2,1-4H3;4-6,13,32-33H,8,10-12,14-15H2,1-3H3,(H2,25,30);1H3/t26-;24-;/m00./s1. The molecule has 0 spiro atoms. The SMILES string of the molecule is CCOC(=O)c1nn(-c2cccc(C#C[C@]3(O)CCN(C)C3=O)c2)c2c1CN(CC(C)(C)O)CC2.CN1CC[C@@](O)(C#Cc2cccc(-n3nc(C(N)=O)c4c3CCN(CC(C)(C)O)C4)c2)C1=O.N. The van der Waals surface area contributed by atoms with Crippen molar-refractivity contribution >= 4 is 23.7 Å². The van der Waals surface area contributed by atoms with Crippen molar-refractivity contribution in [2.75, 3.05) is 60.0 Å². The number of nitrogens with two attached hydrogens (primary N) is 1. The lowest BCUT2D eigenvalue weighted by Crippen LogP contribution is -2.41. The molecule has 19 nitrogen and oxygen atoms in total. The fraction of sp³-hybridized carbons (Fsp3) is 0.480. The van der Waals surface area contributed by atoms with Gasteiger partial charge >= 0.3 is 5.97 Å². The van der Waals surface area contributed by atoms with E-state index >= 15 is 0 Å². The molecule has 2 aromatic carbocycles. The largest absolute Gasteiger partial charge is 0.461 e. The Labute approximate surface area is 402 Å². The molecule has 9 N–H and O–H groups in total. The first-order chi connectivity index (χ1) is 32.0. The average molecular weight is 949 g/mol. The number of hydrogen-bond donors (Lipinski definition) is 6. The fourth-order valence-electron chi connectivity index (χ4n) is 9.02. The van der Waals surface area contributed by atoms with Gasteiger partial charge in [-0.2, -0.15) is 10.2 Å². The Kier molecular flexibility index (Phi) is 15.3. The van der Waals surface area contributed by atoms with Crippen molar-refractivity contribution in [3.05, 3.63) is 93.6 Å². The molecule has 368 valence electrons. The summed E-state index contributed by atoms with van der Waals surface area (Å²) < 4.78 is 8.72. The van der Waals surface area contributed by atoms with E-state index in [4.69, 9.17) is 10.5 Å². The van der Waals surface area contributed by atoms with E-state index < -0.39 is 46.1 Å². The minimum absolute atomic E-state index is 0. The summed E-state index contributed by atoms with van der Waals surface area (Å²) in [4.78, 5) is 56.3. The van der Waals surface area contributed by atoms with Crippen LogP contribution in [0.1, 0.15) is 102 Å². The number of esters is 1. The summed E-state index contributed by atoms with van der Waals surface area (Å²) in [6.45, 7) is 13.3. The molecule has 0 unspecified atom stereocenters. The molecule has 8 rings (SSSR count). The van der Waals surface area contributed by atoms with Crippen molar-refractivity contribution in [2.24, 2.45) is 5.73 Å². The van der Waals surface area contributed by atoms with Crippen LogP contribution in [-0.2, 0) is 40.3 Å². The van der Waals surface area contributed by atoms with Gasteiger partial charge in [0.1, 0.15) is 0 Å². The molecule has 69 heavy (non-hydrogen) atoms. The van der Waals surface area contributed by atoms with Crippen LogP contribution < -0.4 is 11.9 Å². The van der Waals surface area contributed by atoms with E-state index in [2.05, 4.69) is 43.7 Å². The van der Waals surface area contributed by atoms with Gasteiger partial charge < -0.3 is 46.8 Å². The minimum Gasteiger partial charge on any atom is -0.461 e. The number of likely N-dealkylation sites (N-methyl/N-ethyl adjacent to an activating group) is 2. The number of carbonyl (C=O) groups excluding carboxylic acids is 4. The first kappa shape index (κ1) is 52.0. The van der Waals surface area contributed by atoms with E-state index in [0.717, 1.165) is 28.2 Å². The number of aromatic nitrogens is 4. The monoisotopic (exact) mass is 948 g/mol. The lowest BCUT2D eigenvalue weighted by molar-refractivity contribution is -0.138. The molecule has 0 saturated carbocycles. The van der Waals surface area contributed by atoms with Gasteiger partial charge in [-0.05, 0) is 71.0 Å². The number of aliphatic hydroxyl groups is 4. The predicted molar refractivity (Wildman–Crippen MR) is 255 cm³/mol. The van der Waals surface area contributed by atoms with Gasteiger partial charge in [-0.15, -0.1) is 0 Å². The lowest BCUT2D eigenvalue weighted by Gasteiger charge is -2.32. The zero-order valence-electron chi connectivity index (χ0n) is 40.5. The maximum atomic E-state index is 12.7. The molecule has 2 atom stereocenters. The van der Waals surface area contributed by atoms with Gasteiger partial charge in [0.05, 0.1) is 40.6 Å². The summed E-state index contributed by atoms with van der Waals surface area (Å²) >= 11 is 0. The predicted octanol–water partition coefficient (Wildman–Crippen LogP) is 1.33. The molecule has 6 heterocycles. The van der Waals surface area contributed by atoms with Crippen molar-refractivity contribution < 1.29 is 44.3 Å². The van der Waals surface area contributed by atoms with E-state index in [0.29, 0.717) is 82.0 Å². The molecule has 2 fully saturated rings. The number of likely N-dealkylation sites (tertiary alicyclic amines) is 2. The topological polar surface area (TPSA) is 268 Å². The Morgan fingerprint density at radius 2 is 1.14 bits per heavy atom. The summed E-state index contributed by atoms with van der Waals surface area (Å²) in [5, 5.41) is 50.7. The number of rotatable bonds is 9. The number of hydrogen-bond acceptors (Lipinski definition) is 14. The van der Waals surface area contributed by atoms with Crippen LogP contribution in [0.25, 0.3) is 11.4 Å². The van der Waals surface area contributed by atoms with Crippen LogP contribution in [0.3, 0.4) is 0 Å². The Morgan fingerprint density at radius 3 is 1.52 bits per heavy atom. The molecule has 0 bridgehead atoms. The van der Waals surface area contributed by atoms with E-state index in [-0.39, 0.29) is 37.0 Å². The number of ether oxygens (including phenoxy) is 1. The zero-order chi connectivity index (χ0) is 49.3. The van der Waals surface area contributed by atoms with Gasteiger partial charge in [0, 0.05) is 114 Å². The third-order valence-corrected chi connectivity index (χ3v) is 12.2. The molecule has 19 heteroatoms. The lowest BCUT2D eigenvalue weighted by atomic mass is 10.0. The Hall–Kier alpha value is -6.42. The van der Waals surface area contributed by atoms with Crippen LogP contribution in [-0.4, -0.2) is 166 Å². The van der Waals surface area contributed by atoms with Gasteiger partial charge in [0.25, 0.3) is 17.7 Å². The van der Waals surface area contributed by atoms with E-state index in [1.165, 1.54) is 9.80 Å². The molecule has 0 aliphatic carbocycles. The Balaban J connectivity index is 0.000000224. The van der Waals surface area contributed by atoms with Crippen molar-refractivity contribution in [1.82, 2.24) is 45.3 Å². The van der Waals surface area contributed by atoms with Crippen LogP contribution in [0.5, 0.6) is 0 Å². The number of benzene rings is 2. The van der Waals surface area contributed by atoms with Crippen LogP contribution in [0, 0.1) is 23.7 Å². The first-order valence-corrected chi connectivity index (χ1v) is 22.8. The first-order valence-electron chi connectivity index (χ1n) is 22.8. The second-order valence-corrected chi connectivity index (χ2v) is 19.3. The highest BCUT2D eigenvalue weighted by Gasteiger charge is 2.43.